The number of para-hydroxylation sites is 1. The van der Waals surface area contributed by atoms with Crippen LogP contribution < -0.4 is 10.6 Å². The summed E-state index contributed by atoms with van der Waals surface area (Å²) in [4.78, 5) is 30.6. The molecule has 184 valence electrons. The van der Waals surface area contributed by atoms with Gasteiger partial charge in [-0.25, -0.2) is 9.97 Å². The summed E-state index contributed by atoms with van der Waals surface area (Å²) in [5, 5.41) is 7.09. The fraction of sp³-hybridized carbons (Fsp3) is 0.321. The van der Waals surface area contributed by atoms with Crippen LogP contribution in [0.15, 0.2) is 55.1 Å². The topological polar surface area (TPSA) is 102 Å². The standard InChI is InChI=1S/C28H30N6O2/c1-5-28(3,22-8-6-7-19-20(27(35)29-4)9-10-30-26(19)22)15-32-25-12-23(33-16-34-25)18-11-21-17(2)36-14-24(21)31-13-18/h6-13,16-17H,5,14-15H2,1-4H3,(H,29,35)(H,32,33,34). The van der Waals surface area contributed by atoms with E-state index >= 15 is 0 Å². The number of rotatable bonds is 7. The maximum Gasteiger partial charge on any atom is 0.251 e. The van der Waals surface area contributed by atoms with Gasteiger partial charge in [0.25, 0.3) is 5.91 Å². The minimum atomic E-state index is -0.249. The second-order valence-electron chi connectivity index (χ2n) is 9.41. The largest absolute Gasteiger partial charge is 0.369 e. The first-order valence-electron chi connectivity index (χ1n) is 12.2. The monoisotopic (exact) mass is 482 g/mol. The Morgan fingerprint density at radius 1 is 1.17 bits per heavy atom. The van der Waals surface area contributed by atoms with Crippen molar-refractivity contribution in [2.75, 3.05) is 18.9 Å². The number of benzene rings is 1. The molecule has 8 nitrogen and oxygen atoms in total. The van der Waals surface area contributed by atoms with Crippen LogP contribution in [0.3, 0.4) is 0 Å². The Bertz CT molecular complexity index is 1440. The molecule has 1 aliphatic heterocycles. The number of nitrogens with one attached hydrogen (secondary N) is 2. The average Bonchev–Trinajstić information content (AvgIpc) is 3.30. The molecule has 1 amide bonds. The van der Waals surface area contributed by atoms with Crippen molar-refractivity contribution >= 4 is 22.6 Å². The maximum absolute atomic E-state index is 12.4. The normalized spacial score (nSPS) is 16.4. The molecule has 2 N–H and O–H groups in total. The third-order valence-corrected chi connectivity index (χ3v) is 7.21. The summed E-state index contributed by atoms with van der Waals surface area (Å²) in [5.41, 5.74) is 6.15. The van der Waals surface area contributed by atoms with E-state index in [4.69, 9.17) is 4.74 Å². The van der Waals surface area contributed by atoms with E-state index < -0.39 is 0 Å². The summed E-state index contributed by atoms with van der Waals surface area (Å²) in [6, 6.07) is 11.9. The lowest BCUT2D eigenvalue weighted by Crippen LogP contribution is -2.31. The highest BCUT2D eigenvalue weighted by molar-refractivity contribution is 6.06. The van der Waals surface area contributed by atoms with Crippen molar-refractivity contribution in [2.24, 2.45) is 0 Å². The second-order valence-corrected chi connectivity index (χ2v) is 9.41. The Hall–Kier alpha value is -3.91. The van der Waals surface area contributed by atoms with Crippen molar-refractivity contribution in [1.82, 2.24) is 25.3 Å². The quantitative estimate of drug-likeness (QED) is 0.389. The first-order chi connectivity index (χ1) is 17.4. The van der Waals surface area contributed by atoms with Gasteiger partial charge in [-0.3, -0.25) is 14.8 Å². The molecule has 4 aromatic rings. The lowest BCUT2D eigenvalue weighted by atomic mass is 9.78. The zero-order chi connectivity index (χ0) is 25.3. The number of anilines is 1. The Balaban J connectivity index is 1.43. The molecule has 36 heavy (non-hydrogen) atoms. The highest BCUT2D eigenvalue weighted by Gasteiger charge is 2.28. The molecule has 0 spiro atoms. The van der Waals surface area contributed by atoms with Crippen molar-refractivity contribution in [3.05, 3.63) is 77.5 Å². The smallest absolute Gasteiger partial charge is 0.251 e. The van der Waals surface area contributed by atoms with Gasteiger partial charge in [-0.1, -0.05) is 32.0 Å². The van der Waals surface area contributed by atoms with E-state index in [1.54, 1.807) is 25.6 Å². The summed E-state index contributed by atoms with van der Waals surface area (Å²) < 4.78 is 5.69. The molecule has 2 unspecified atom stereocenters. The second kappa shape index (κ2) is 9.62. The first kappa shape index (κ1) is 23.8. The Morgan fingerprint density at radius 3 is 2.83 bits per heavy atom. The molecular weight excluding hydrogens is 452 g/mol. The molecule has 5 rings (SSSR count). The van der Waals surface area contributed by atoms with Crippen molar-refractivity contribution in [2.45, 2.75) is 45.3 Å². The van der Waals surface area contributed by atoms with Crippen LogP contribution in [0.5, 0.6) is 0 Å². The fourth-order valence-electron chi connectivity index (χ4n) is 4.72. The van der Waals surface area contributed by atoms with E-state index in [-0.39, 0.29) is 17.4 Å². The van der Waals surface area contributed by atoms with Gasteiger partial charge in [0.15, 0.2) is 0 Å². The first-order valence-corrected chi connectivity index (χ1v) is 12.2. The molecule has 3 aromatic heterocycles. The Morgan fingerprint density at radius 2 is 2.03 bits per heavy atom. The number of carbonyl (C=O) groups is 1. The van der Waals surface area contributed by atoms with E-state index in [1.165, 1.54) is 0 Å². The molecule has 0 aliphatic carbocycles. The molecule has 8 heteroatoms. The van der Waals surface area contributed by atoms with E-state index in [1.807, 2.05) is 31.3 Å². The molecule has 1 aliphatic rings. The van der Waals surface area contributed by atoms with Gasteiger partial charge in [0, 0.05) is 54.0 Å². The van der Waals surface area contributed by atoms with E-state index in [0.717, 1.165) is 51.2 Å². The third kappa shape index (κ3) is 4.28. The number of pyridine rings is 2. The van der Waals surface area contributed by atoms with Gasteiger partial charge >= 0.3 is 0 Å². The van der Waals surface area contributed by atoms with Gasteiger partial charge in [0.1, 0.15) is 12.1 Å². The Kier molecular flexibility index (Phi) is 6.36. The number of hydrogen-bond donors (Lipinski definition) is 2. The van der Waals surface area contributed by atoms with Crippen molar-refractivity contribution in [3.63, 3.8) is 0 Å². The summed E-state index contributed by atoms with van der Waals surface area (Å²) in [6.45, 7) is 7.59. The molecule has 0 bridgehead atoms. The molecule has 0 saturated carbocycles. The van der Waals surface area contributed by atoms with Crippen molar-refractivity contribution in [1.29, 1.82) is 0 Å². The SMILES string of the molecule is CCC(C)(CNc1cc(-c2cnc3c(c2)C(C)OC3)ncn1)c1cccc2c(C(=O)NC)ccnc12. The van der Waals surface area contributed by atoms with Crippen LogP contribution in [0.1, 0.15) is 60.5 Å². The van der Waals surface area contributed by atoms with E-state index in [2.05, 4.69) is 56.5 Å². The molecule has 1 aromatic carbocycles. The van der Waals surface area contributed by atoms with Crippen LogP contribution in [0.4, 0.5) is 5.82 Å². The highest BCUT2D eigenvalue weighted by Crippen LogP contribution is 2.34. The van der Waals surface area contributed by atoms with E-state index in [0.29, 0.717) is 18.7 Å². The lowest BCUT2D eigenvalue weighted by Gasteiger charge is -2.30. The van der Waals surface area contributed by atoms with Gasteiger partial charge in [-0.05, 0) is 31.0 Å². The minimum Gasteiger partial charge on any atom is -0.369 e. The van der Waals surface area contributed by atoms with Crippen molar-refractivity contribution in [3.8, 4) is 11.3 Å². The zero-order valence-electron chi connectivity index (χ0n) is 21.0. The summed E-state index contributed by atoms with van der Waals surface area (Å²) in [7, 11) is 1.64. The summed E-state index contributed by atoms with van der Waals surface area (Å²) in [5.74, 6) is 0.620. The van der Waals surface area contributed by atoms with E-state index in [9.17, 15) is 4.79 Å². The van der Waals surface area contributed by atoms with Crippen molar-refractivity contribution < 1.29 is 9.53 Å². The van der Waals surface area contributed by atoms with Gasteiger partial charge in [-0.2, -0.15) is 0 Å². The number of fused-ring (bicyclic) bond motifs is 2. The van der Waals surface area contributed by atoms with Gasteiger partial charge < -0.3 is 15.4 Å². The predicted molar refractivity (Wildman–Crippen MR) is 140 cm³/mol. The van der Waals surface area contributed by atoms with Crippen LogP contribution >= 0.6 is 0 Å². The maximum atomic E-state index is 12.4. The van der Waals surface area contributed by atoms with Gasteiger partial charge in [-0.15, -0.1) is 0 Å². The third-order valence-electron chi connectivity index (χ3n) is 7.21. The van der Waals surface area contributed by atoms with Gasteiger partial charge in [0.05, 0.1) is 35.2 Å². The number of ether oxygens (including phenoxy) is 1. The zero-order valence-corrected chi connectivity index (χ0v) is 21.0. The summed E-state index contributed by atoms with van der Waals surface area (Å²) in [6.07, 6.45) is 6.02. The number of nitrogens with zero attached hydrogens (tertiary/aromatic N) is 4. The predicted octanol–water partition coefficient (Wildman–Crippen LogP) is 4.82. The van der Waals surface area contributed by atoms with Crippen LogP contribution in [0.2, 0.25) is 0 Å². The molecular formula is C28H30N6O2. The molecule has 0 saturated heterocycles. The van der Waals surface area contributed by atoms with Crippen LogP contribution in [-0.2, 0) is 16.8 Å². The van der Waals surface area contributed by atoms with Gasteiger partial charge in [0.2, 0.25) is 0 Å². The minimum absolute atomic E-state index is 0.0374. The lowest BCUT2D eigenvalue weighted by molar-refractivity contribution is 0.0787. The Labute approximate surface area is 210 Å². The van der Waals surface area contributed by atoms with Crippen LogP contribution in [0.25, 0.3) is 22.2 Å². The summed E-state index contributed by atoms with van der Waals surface area (Å²) >= 11 is 0. The number of hydrogen-bond acceptors (Lipinski definition) is 7. The number of carbonyl (C=O) groups excluding carboxylic acids is 1. The number of aromatic nitrogens is 4. The van der Waals surface area contributed by atoms with Crippen LogP contribution in [0, 0.1) is 0 Å². The fourth-order valence-corrected chi connectivity index (χ4v) is 4.72. The molecule has 0 fully saturated rings. The molecule has 2 atom stereocenters. The molecule has 0 radical (unpaired) electrons. The average molecular weight is 483 g/mol. The number of amides is 1. The van der Waals surface area contributed by atoms with Crippen LogP contribution in [-0.4, -0.2) is 39.4 Å². The molecule has 4 heterocycles. The highest BCUT2D eigenvalue weighted by atomic mass is 16.5.